The van der Waals surface area contributed by atoms with Gasteiger partial charge in [-0.05, 0) is 24.6 Å². The van der Waals surface area contributed by atoms with Gasteiger partial charge < -0.3 is 15.5 Å². The minimum absolute atomic E-state index is 0.334. The van der Waals surface area contributed by atoms with Crippen LogP contribution in [-0.2, 0) is 0 Å². The highest BCUT2D eigenvalue weighted by Gasteiger charge is 2.09. The Hall–Kier alpha value is -2.63. The van der Waals surface area contributed by atoms with Crippen LogP contribution in [0, 0.1) is 12.7 Å². The summed E-state index contributed by atoms with van der Waals surface area (Å²) in [5.41, 5.74) is 7.50. The SMILES string of the molecule is Cc1ccc(Nc2nc(N)cn3ccnc23)c(F)c1. The summed E-state index contributed by atoms with van der Waals surface area (Å²) in [4.78, 5) is 8.31. The zero-order valence-electron chi connectivity index (χ0n) is 10.3. The van der Waals surface area contributed by atoms with E-state index in [0.717, 1.165) is 5.56 Å². The van der Waals surface area contributed by atoms with Gasteiger partial charge in [-0.1, -0.05) is 6.07 Å². The Balaban J connectivity index is 2.07. The lowest BCUT2D eigenvalue weighted by atomic mass is 10.2. The van der Waals surface area contributed by atoms with Gasteiger partial charge in [-0.25, -0.2) is 14.4 Å². The van der Waals surface area contributed by atoms with Gasteiger partial charge in [-0.15, -0.1) is 0 Å². The number of benzene rings is 1. The standard InChI is InChI=1S/C13H12FN5/c1-8-2-3-10(9(14)6-8)17-12-13-16-4-5-19(13)7-11(15)18-12/h2-7H,15H2,1H3,(H,17,18). The highest BCUT2D eigenvalue weighted by atomic mass is 19.1. The molecule has 0 saturated heterocycles. The summed E-state index contributed by atoms with van der Waals surface area (Å²) >= 11 is 0. The summed E-state index contributed by atoms with van der Waals surface area (Å²) in [5, 5.41) is 2.92. The molecule has 6 heteroatoms. The average molecular weight is 257 g/mol. The topological polar surface area (TPSA) is 68.2 Å². The summed E-state index contributed by atoms with van der Waals surface area (Å²) in [6, 6.07) is 4.94. The predicted octanol–water partition coefficient (Wildman–Crippen LogP) is 2.50. The smallest absolute Gasteiger partial charge is 0.180 e. The predicted molar refractivity (Wildman–Crippen MR) is 71.8 cm³/mol. The van der Waals surface area contributed by atoms with E-state index in [-0.39, 0.29) is 5.82 Å². The minimum Gasteiger partial charge on any atom is -0.382 e. The Bertz CT molecular complexity index is 750. The molecule has 0 spiro atoms. The second kappa shape index (κ2) is 4.24. The average Bonchev–Trinajstić information content (AvgIpc) is 2.80. The first-order chi connectivity index (χ1) is 9.13. The van der Waals surface area contributed by atoms with Crippen molar-refractivity contribution in [2.75, 3.05) is 11.1 Å². The molecule has 2 aromatic heterocycles. The van der Waals surface area contributed by atoms with Crippen LogP contribution in [0.2, 0.25) is 0 Å². The zero-order chi connectivity index (χ0) is 13.4. The molecular weight excluding hydrogens is 245 g/mol. The molecule has 0 bridgehead atoms. The van der Waals surface area contributed by atoms with Crippen molar-refractivity contribution in [3.63, 3.8) is 0 Å². The summed E-state index contributed by atoms with van der Waals surface area (Å²) in [7, 11) is 0. The lowest BCUT2D eigenvalue weighted by molar-refractivity contribution is 0.630. The third kappa shape index (κ3) is 2.08. The Morgan fingerprint density at radius 1 is 1.37 bits per heavy atom. The molecule has 0 unspecified atom stereocenters. The molecule has 3 rings (SSSR count). The maximum atomic E-state index is 13.8. The number of imidazole rings is 1. The molecule has 2 heterocycles. The van der Waals surface area contributed by atoms with Crippen LogP contribution in [0.1, 0.15) is 5.56 Å². The minimum atomic E-state index is -0.339. The molecule has 0 atom stereocenters. The number of hydrogen-bond acceptors (Lipinski definition) is 4. The van der Waals surface area contributed by atoms with E-state index >= 15 is 0 Å². The Morgan fingerprint density at radius 2 is 2.21 bits per heavy atom. The van der Waals surface area contributed by atoms with Crippen LogP contribution in [0.25, 0.3) is 5.65 Å². The molecule has 0 fully saturated rings. The first-order valence-corrected chi connectivity index (χ1v) is 5.76. The fourth-order valence-electron chi connectivity index (χ4n) is 1.88. The van der Waals surface area contributed by atoms with Crippen molar-refractivity contribution < 1.29 is 4.39 Å². The Morgan fingerprint density at radius 3 is 3.00 bits per heavy atom. The van der Waals surface area contributed by atoms with Gasteiger partial charge >= 0.3 is 0 Å². The third-order valence-corrected chi connectivity index (χ3v) is 2.77. The number of halogens is 1. The van der Waals surface area contributed by atoms with Crippen LogP contribution >= 0.6 is 0 Å². The van der Waals surface area contributed by atoms with Gasteiger partial charge in [0, 0.05) is 12.4 Å². The molecule has 0 amide bonds. The maximum Gasteiger partial charge on any atom is 0.180 e. The van der Waals surface area contributed by atoms with Crippen LogP contribution in [0.15, 0.2) is 36.8 Å². The molecule has 3 aromatic rings. The van der Waals surface area contributed by atoms with E-state index in [2.05, 4.69) is 15.3 Å². The van der Waals surface area contributed by atoms with Gasteiger partial charge in [0.05, 0.1) is 11.9 Å². The largest absolute Gasteiger partial charge is 0.382 e. The van der Waals surface area contributed by atoms with Crippen molar-refractivity contribution >= 4 is 23.0 Å². The van der Waals surface area contributed by atoms with E-state index < -0.39 is 0 Å². The number of aromatic nitrogens is 3. The summed E-state index contributed by atoms with van der Waals surface area (Å²) < 4.78 is 15.5. The zero-order valence-corrected chi connectivity index (χ0v) is 10.3. The van der Waals surface area contributed by atoms with Crippen molar-refractivity contribution in [3.05, 3.63) is 48.2 Å². The fraction of sp³-hybridized carbons (Fsp3) is 0.0769. The quantitative estimate of drug-likeness (QED) is 0.740. The maximum absolute atomic E-state index is 13.8. The normalized spacial score (nSPS) is 10.8. The molecule has 96 valence electrons. The monoisotopic (exact) mass is 257 g/mol. The van der Waals surface area contributed by atoms with Crippen molar-refractivity contribution in [3.8, 4) is 0 Å². The molecule has 19 heavy (non-hydrogen) atoms. The van der Waals surface area contributed by atoms with Gasteiger partial charge in [-0.3, -0.25) is 0 Å². The Labute approximate surface area is 108 Å². The number of aryl methyl sites for hydroxylation is 1. The van der Waals surface area contributed by atoms with Crippen LogP contribution in [0.4, 0.5) is 21.7 Å². The van der Waals surface area contributed by atoms with Gasteiger partial charge in [0.1, 0.15) is 11.6 Å². The van der Waals surface area contributed by atoms with Crippen LogP contribution in [-0.4, -0.2) is 14.4 Å². The third-order valence-electron chi connectivity index (χ3n) is 2.77. The van der Waals surface area contributed by atoms with Crippen LogP contribution < -0.4 is 11.1 Å². The number of nitrogens with one attached hydrogen (secondary N) is 1. The molecule has 0 aliphatic rings. The molecule has 0 aliphatic heterocycles. The van der Waals surface area contributed by atoms with Crippen molar-refractivity contribution in [1.29, 1.82) is 0 Å². The molecule has 0 aliphatic carbocycles. The Kier molecular flexibility index (Phi) is 2.56. The molecular formula is C13H12FN5. The lowest BCUT2D eigenvalue weighted by Crippen LogP contribution is -2.03. The summed E-state index contributed by atoms with van der Waals surface area (Å²) in [6.45, 7) is 1.83. The van der Waals surface area contributed by atoms with E-state index in [1.807, 2.05) is 13.0 Å². The first kappa shape index (κ1) is 11.5. The van der Waals surface area contributed by atoms with Gasteiger partial charge in [0.2, 0.25) is 0 Å². The summed E-state index contributed by atoms with van der Waals surface area (Å²) in [6.07, 6.45) is 5.04. The highest BCUT2D eigenvalue weighted by Crippen LogP contribution is 2.23. The van der Waals surface area contributed by atoms with E-state index in [9.17, 15) is 4.39 Å². The number of nitrogens with two attached hydrogens (primary N) is 1. The first-order valence-electron chi connectivity index (χ1n) is 5.76. The second-order valence-corrected chi connectivity index (χ2v) is 4.28. The van der Waals surface area contributed by atoms with Gasteiger partial charge in [0.15, 0.2) is 11.5 Å². The summed E-state index contributed by atoms with van der Waals surface area (Å²) in [5.74, 6) is 0.419. The van der Waals surface area contributed by atoms with Gasteiger partial charge in [-0.2, -0.15) is 0 Å². The van der Waals surface area contributed by atoms with Gasteiger partial charge in [0.25, 0.3) is 0 Å². The van der Waals surface area contributed by atoms with E-state index in [1.165, 1.54) is 6.07 Å². The van der Waals surface area contributed by atoms with E-state index in [4.69, 9.17) is 5.73 Å². The van der Waals surface area contributed by atoms with Crippen molar-refractivity contribution in [2.24, 2.45) is 0 Å². The second-order valence-electron chi connectivity index (χ2n) is 4.28. The number of rotatable bonds is 2. The van der Waals surface area contributed by atoms with Crippen LogP contribution in [0.5, 0.6) is 0 Å². The van der Waals surface area contributed by atoms with Crippen LogP contribution in [0.3, 0.4) is 0 Å². The number of hydrogen-bond donors (Lipinski definition) is 2. The van der Waals surface area contributed by atoms with Crippen molar-refractivity contribution in [1.82, 2.24) is 14.4 Å². The number of anilines is 3. The number of nitrogen functional groups attached to an aromatic ring is 1. The van der Waals surface area contributed by atoms with E-state index in [0.29, 0.717) is 23.0 Å². The van der Waals surface area contributed by atoms with E-state index in [1.54, 1.807) is 29.1 Å². The molecule has 0 saturated carbocycles. The molecule has 1 aromatic carbocycles. The molecule has 5 nitrogen and oxygen atoms in total. The number of nitrogens with zero attached hydrogens (tertiary/aromatic N) is 3. The lowest BCUT2D eigenvalue weighted by Gasteiger charge is -2.09. The highest BCUT2D eigenvalue weighted by molar-refractivity contribution is 5.71. The number of fused-ring (bicyclic) bond motifs is 1. The molecule has 3 N–H and O–H groups in total. The fourth-order valence-corrected chi connectivity index (χ4v) is 1.88. The van der Waals surface area contributed by atoms with Crippen molar-refractivity contribution in [2.45, 2.75) is 6.92 Å². The molecule has 0 radical (unpaired) electrons.